The molecule has 0 radical (unpaired) electrons. The lowest BCUT2D eigenvalue weighted by molar-refractivity contribution is 0.108. The fraction of sp³-hybridized carbons (Fsp3) is 0.600. The molecule has 3 nitrogen and oxygen atoms in total. The zero-order valence-corrected chi connectivity index (χ0v) is 11.4. The predicted octanol–water partition coefficient (Wildman–Crippen LogP) is 2.11. The lowest BCUT2D eigenvalue weighted by atomic mass is 9.99. The minimum atomic E-state index is 0.146. The third-order valence-corrected chi connectivity index (χ3v) is 3.91. The Morgan fingerprint density at radius 1 is 1.44 bits per heavy atom. The summed E-state index contributed by atoms with van der Waals surface area (Å²) in [5, 5.41) is 0. The lowest BCUT2D eigenvalue weighted by Gasteiger charge is -2.20. The second kappa shape index (κ2) is 6.32. The summed E-state index contributed by atoms with van der Waals surface area (Å²) in [6.45, 7) is 5.39. The Labute approximate surface area is 110 Å². The van der Waals surface area contributed by atoms with E-state index in [-0.39, 0.29) is 6.04 Å². The maximum Gasteiger partial charge on any atom is 0.0710 e. The Hall–Kier alpha value is -0.900. The molecule has 0 amide bonds. The van der Waals surface area contributed by atoms with Crippen LogP contribution in [0.25, 0.3) is 0 Å². The molecule has 1 aromatic carbocycles. The van der Waals surface area contributed by atoms with Gasteiger partial charge in [-0.3, -0.25) is 0 Å². The van der Waals surface area contributed by atoms with Crippen LogP contribution in [0.2, 0.25) is 0 Å². The molecule has 0 saturated carbocycles. The fourth-order valence-electron chi connectivity index (χ4n) is 2.67. The number of benzene rings is 1. The van der Waals surface area contributed by atoms with Gasteiger partial charge in [0.1, 0.15) is 0 Å². The minimum Gasteiger partial charge on any atom is -0.380 e. The standard InChI is InChI=1S/C15H24N2O/c1-12-5-3-4-6-14(12)15(16)8-10-17-9-7-13(11-17)18-2/h3-6,13,15H,7-11,16H2,1-2H3. The molecule has 1 fully saturated rings. The molecule has 2 rings (SSSR count). The van der Waals surface area contributed by atoms with Crippen LogP contribution in [0.4, 0.5) is 0 Å². The smallest absolute Gasteiger partial charge is 0.0710 e. The van der Waals surface area contributed by atoms with Crippen LogP contribution in [-0.4, -0.2) is 37.7 Å². The number of methoxy groups -OCH3 is 1. The molecular formula is C15H24N2O. The number of aryl methyl sites for hydroxylation is 1. The highest BCUT2D eigenvalue weighted by molar-refractivity contribution is 5.28. The average Bonchev–Trinajstić information content (AvgIpc) is 2.84. The van der Waals surface area contributed by atoms with E-state index >= 15 is 0 Å². The van der Waals surface area contributed by atoms with Gasteiger partial charge in [0, 0.05) is 32.8 Å². The molecule has 1 aliphatic rings. The van der Waals surface area contributed by atoms with Gasteiger partial charge in [-0.2, -0.15) is 0 Å². The molecule has 0 bridgehead atoms. The van der Waals surface area contributed by atoms with E-state index in [9.17, 15) is 0 Å². The van der Waals surface area contributed by atoms with Crippen molar-refractivity contribution in [1.82, 2.24) is 4.90 Å². The van der Waals surface area contributed by atoms with Gasteiger partial charge in [-0.25, -0.2) is 0 Å². The van der Waals surface area contributed by atoms with Crippen molar-refractivity contribution in [3.63, 3.8) is 0 Å². The molecule has 1 aliphatic heterocycles. The van der Waals surface area contributed by atoms with Crippen molar-refractivity contribution in [3.05, 3.63) is 35.4 Å². The molecule has 0 spiro atoms. The van der Waals surface area contributed by atoms with Gasteiger partial charge < -0.3 is 15.4 Å². The van der Waals surface area contributed by atoms with Crippen molar-refractivity contribution in [2.45, 2.75) is 31.9 Å². The molecule has 0 aliphatic carbocycles. The first-order valence-electron chi connectivity index (χ1n) is 6.77. The van der Waals surface area contributed by atoms with E-state index in [1.807, 2.05) is 0 Å². The van der Waals surface area contributed by atoms with Crippen LogP contribution in [0.5, 0.6) is 0 Å². The third-order valence-electron chi connectivity index (χ3n) is 3.91. The maximum absolute atomic E-state index is 6.28. The van der Waals surface area contributed by atoms with Crippen molar-refractivity contribution in [2.24, 2.45) is 5.73 Å². The molecule has 2 N–H and O–H groups in total. The van der Waals surface area contributed by atoms with E-state index < -0.39 is 0 Å². The van der Waals surface area contributed by atoms with Crippen LogP contribution in [0.15, 0.2) is 24.3 Å². The van der Waals surface area contributed by atoms with Crippen LogP contribution in [0, 0.1) is 6.92 Å². The normalized spacial score (nSPS) is 22.3. The topological polar surface area (TPSA) is 38.5 Å². The zero-order valence-electron chi connectivity index (χ0n) is 11.4. The first-order chi connectivity index (χ1) is 8.70. The number of likely N-dealkylation sites (tertiary alicyclic amines) is 1. The molecular weight excluding hydrogens is 224 g/mol. The number of ether oxygens (including phenoxy) is 1. The van der Waals surface area contributed by atoms with Crippen molar-refractivity contribution < 1.29 is 4.74 Å². The molecule has 1 saturated heterocycles. The molecule has 1 heterocycles. The summed E-state index contributed by atoms with van der Waals surface area (Å²) < 4.78 is 5.38. The van der Waals surface area contributed by atoms with Crippen LogP contribution < -0.4 is 5.73 Å². The van der Waals surface area contributed by atoms with Gasteiger partial charge in [0.25, 0.3) is 0 Å². The second-order valence-electron chi connectivity index (χ2n) is 5.20. The molecule has 3 heteroatoms. The van der Waals surface area contributed by atoms with Crippen molar-refractivity contribution in [1.29, 1.82) is 0 Å². The van der Waals surface area contributed by atoms with Crippen molar-refractivity contribution in [2.75, 3.05) is 26.7 Å². The Balaban J connectivity index is 1.82. The first-order valence-corrected chi connectivity index (χ1v) is 6.77. The number of nitrogens with two attached hydrogens (primary N) is 1. The Kier molecular flexibility index (Phi) is 4.75. The fourth-order valence-corrected chi connectivity index (χ4v) is 2.67. The van der Waals surface area contributed by atoms with E-state index in [0.717, 1.165) is 32.5 Å². The molecule has 100 valence electrons. The number of hydrogen-bond acceptors (Lipinski definition) is 3. The summed E-state index contributed by atoms with van der Waals surface area (Å²) in [5.41, 5.74) is 8.85. The van der Waals surface area contributed by atoms with Crippen LogP contribution in [-0.2, 0) is 4.74 Å². The van der Waals surface area contributed by atoms with Gasteiger partial charge in [-0.1, -0.05) is 24.3 Å². The van der Waals surface area contributed by atoms with E-state index in [1.165, 1.54) is 11.1 Å². The summed E-state index contributed by atoms with van der Waals surface area (Å²) in [6.07, 6.45) is 2.58. The Morgan fingerprint density at radius 2 is 2.22 bits per heavy atom. The summed E-state index contributed by atoms with van der Waals surface area (Å²) >= 11 is 0. The molecule has 0 aromatic heterocycles. The van der Waals surface area contributed by atoms with Crippen LogP contribution in [0.3, 0.4) is 0 Å². The van der Waals surface area contributed by atoms with Gasteiger partial charge in [-0.05, 0) is 30.9 Å². The second-order valence-corrected chi connectivity index (χ2v) is 5.20. The number of nitrogens with zero attached hydrogens (tertiary/aromatic N) is 1. The van der Waals surface area contributed by atoms with Crippen molar-refractivity contribution >= 4 is 0 Å². The summed E-state index contributed by atoms with van der Waals surface area (Å²) in [7, 11) is 1.80. The summed E-state index contributed by atoms with van der Waals surface area (Å²) in [5.74, 6) is 0. The van der Waals surface area contributed by atoms with E-state index in [4.69, 9.17) is 10.5 Å². The average molecular weight is 248 g/mol. The lowest BCUT2D eigenvalue weighted by Crippen LogP contribution is -2.27. The largest absolute Gasteiger partial charge is 0.380 e. The quantitative estimate of drug-likeness (QED) is 0.867. The highest BCUT2D eigenvalue weighted by Crippen LogP contribution is 2.20. The number of hydrogen-bond donors (Lipinski definition) is 1. The monoisotopic (exact) mass is 248 g/mol. The SMILES string of the molecule is COC1CCN(CCC(N)c2ccccc2C)C1. The Morgan fingerprint density at radius 3 is 2.89 bits per heavy atom. The maximum atomic E-state index is 6.28. The number of rotatable bonds is 5. The summed E-state index contributed by atoms with van der Waals surface area (Å²) in [6, 6.07) is 8.55. The van der Waals surface area contributed by atoms with Crippen LogP contribution in [0.1, 0.15) is 30.0 Å². The molecule has 1 aromatic rings. The van der Waals surface area contributed by atoms with Crippen molar-refractivity contribution in [3.8, 4) is 0 Å². The third kappa shape index (κ3) is 3.31. The van der Waals surface area contributed by atoms with Crippen LogP contribution >= 0.6 is 0 Å². The van der Waals surface area contributed by atoms with Gasteiger partial charge in [0.15, 0.2) is 0 Å². The van der Waals surface area contributed by atoms with Gasteiger partial charge in [0.05, 0.1) is 6.10 Å². The molecule has 2 atom stereocenters. The van der Waals surface area contributed by atoms with E-state index in [0.29, 0.717) is 6.10 Å². The van der Waals surface area contributed by atoms with E-state index in [1.54, 1.807) is 7.11 Å². The minimum absolute atomic E-state index is 0.146. The van der Waals surface area contributed by atoms with E-state index in [2.05, 4.69) is 36.1 Å². The van der Waals surface area contributed by atoms with Gasteiger partial charge >= 0.3 is 0 Å². The Bertz CT molecular complexity index is 381. The molecule has 18 heavy (non-hydrogen) atoms. The van der Waals surface area contributed by atoms with Gasteiger partial charge in [-0.15, -0.1) is 0 Å². The summed E-state index contributed by atoms with van der Waals surface area (Å²) in [4.78, 5) is 2.45. The predicted molar refractivity (Wildman–Crippen MR) is 74.6 cm³/mol. The molecule has 2 unspecified atom stereocenters. The zero-order chi connectivity index (χ0) is 13.0. The first kappa shape index (κ1) is 13.5. The highest BCUT2D eigenvalue weighted by Gasteiger charge is 2.22. The van der Waals surface area contributed by atoms with Gasteiger partial charge in [0.2, 0.25) is 0 Å². The highest BCUT2D eigenvalue weighted by atomic mass is 16.5.